The predicted molar refractivity (Wildman–Crippen MR) is 83.3 cm³/mol. The van der Waals surface area contributed by atoms with Crippen molar-refractivity contribution in [2.24, 2.45) is 5.92 Å². The van der Waals surface area contributed by atoms with Gasteiger partial charge < -0.3 is 9.94 Å². The van der Waals surface area contributed by atoms with Gasteiger partial charge in [0.05, 0.1) is 12.7 Å². The predicted octanol–water partition coefficient (Wildman–Crippen LogP) is 3.84. The molecule has 116 valence electrons. The third-order valence-corrected chi connectivity index (χ3v) is 5.18. The molecule has 21 heavy (non-hydrogen) atoms. The van der Waals surface area contributed by atoms with Gasteiger partial charge in [0.2, 0.25) is 0 Å². The van der Waals surface area contributed by atoms with Gasteiger partial charge >= 0.3 is 0 Å². The third kappa shape index (κ3) is 3.31. The molecule has 3 heteroatoms. The van der Waals surface area contributed by atoms with E-state index in [1.54, 1.807) is 7.05 Å². The van der Waals surface area contributed by atoms with E-state index in [0.29, 0.717) is 12.6 Å². The van der Waals surface area contributed by atoms with Crippen LogP contribution in [0.3, 0.4) is 0 Å². The fourth-order valence-electron chi connectivity index (χ4n) is 3.96. The van der Waals surface area contributed by atoms with Gasteiger partial charge in [0.1, 0.15) is 0 Å². The maximum atomic E-state index is 9.65. The molecule has 0 aromatic heterocycles. The van der Waals surface area contributed by atoms with Crippen molar-refractivity contribution >= 4 is 0 Å². The number of hydrogen-bond acceptors (Lipinski definition) is 3. The summed E-state index contributed by atoms with van der Waals surface area (Å²) < 4.78 is 6.17. The zero-order valence-corrected chi connectivity index (χ0v) is 13.3. The highest BCUT2D eigenvalue weighted by Crippen LogP contribution is 2.35. The van der Waals surface area contributed by atoms with Crippen molar-refractivity contribution in [2.45, 2.75) is 64.7 Å². The van der Waals surface area contributed by atoms with Gasteiger partial charge in [0.25, 0.3) is 0 Å². The van der Waals surface area contributed by atoms with E-state index in [9.17, 15) is 5.21 Å². The van der Waals surface area contributed by atoms with Crippen LogP contribution in [0.25, 0.3) is 0 Å². The largest absolute Gasteiger partial charge is 0.373 e. The minimum absolute atomic E-state index is 0.377. The summed E-state index contributed by atoms with van der Waals surface area (Å²) in [6.45, 7) is 3.48. The van der Waals surface area contributed by atoms with E-state index in [0.717, 1.165) is 18.9 Å². The topological polar surface area (TPSA) is 32.7 Å². The summed E-state index contributed by atoms with van der Waals surface area (Å²) >= 11 is 0. The molecule has 3 rings (SSSR count). The van der Waals surface area contributed by atoms with Gasteiger partial charge in [-0.15, -0.1) is 0 Å². The molecule has 0 radical (unpaired) electrons. The number of nitrogens with zero attached hydrogens (tertiary/aromatic N) is 1. The Bertz CT molecular complexity index is 492. The van der Waals surface area contributed by atoms with Crippen LogP contribution in [-0.2, 0) is 24.3 Å². The summed E-state index contributed by atoms with van der Waals surface area (Å²) in [6.07, 6.45) is 8.14. The molecule has 1 unspecified atom stereocenters. The lowest BCUT2D eigenvalue weighted by Crippen LogP contribution is -2.32. The first-order valence-electron chi connectivity index (χ1n) is 8.27. The van der Waals surface area contributed by atoms with Gasteiger partial charge in [-0.25, -0.2) is 0 Å². The standard InChI is InChI=1S/C18H27NO2/c1-13-8-9-15-12-21-18(14-6-4-3-5-7-14)10-16(15)17(13)11-19(2)20/h8-9,14,18,20H,3-7,10-12H2,1-2H3. The average Bonchev–Trinajstić information content (AvgIpc) is 2.50. The molecule has 1 aliphatic heterocycles. The normalized spacial score (nSPS) is 23.3. The lowest BCUT2D eigenvalue weighted by molar-refractivity contribution is -0.0741. The van der Waals surface area contributed by atoms with Gasteiger partial charge in [0.15, 0.2) is 0 Å². The van der Waals surface area contributed by atoms with Crippen LogP contribution in [0.2, 0.25) is 0 Å². The number of benzene rings is 1. The summed E-state index contributed by atoms with van der Waals surface area (Å²) in [5.41, 5.74) is 5.31. The minimum atomic E-state index is 0.377. The molecule has 1 atom stereocenters. The Morgan fingerprint density at radius 2 is 2.00 bits per heavy atom. The first-order valence-corrected chi connectivity index (χ1v) is 8.27. The van der Waals surface area contributed by atoms with E-state index in [4.69, 9.17) is 4.74 Å². The molecule has 3 nitrogen and oxygen atoms in total. The molecule has 1 aromatic carbocycles. The maximum absolute atomic E-state index is 9.65. The first kappa shape index (κ1) is 15.0. The number of rotatable bonds is 3. The fourth-order valence-corrected chi connectivity index (χ4v) is 3.96. The third-order valence-electron chi connectivity index (χ3n) is 5.18. The molecule has 2 aliphatic rings. The van der Waals surface area contributed by atoms with Crippen LogP contribution in [-0.4, -0.2) is 23.4 Å². The maximum Gasteiger partial charge on any atom is 0.0723 e. The van der Waals surface area contributed by atoms with E-state index < -0.39 is 0 Å². The second-order valence-corrected chi connectivity index (χ2v) is 6.77. The van der Waals surface area contributed by atoms with Crippen LogP contribution < -0.4 is 0 Å². The molecule has 0 bridgehead atoms. The molecule has 1 fully saturated rings. The summed E-state index contributed by atoms with van der Waals surface area (Å²) in [5, 5.41) is 10.9. The Morgan fingerprint density at radius 1 is 1.24 bits per heavy atom. The quantitative estimate of drug-likeness (QED) is 0.858. The lowest BCUT2D eigenvalue weighted by atomic mass is 9.80. The van der Waals surface area contributed by atoms with Gasteiger partial charge in [-0.2, -0.15) is 5.06 Å². The van der Waals surface area contributed by atoms with Crippen LogP contribution in [0, 0.1) is 12.8 Å². The zero-order chi connectivity index (χ0) is 14.8. The molecule has 0 saturated heterocycles. The lowest BCUT2D eigenvalue weighted by Gasteiger charge is -2.35. The molecule has 1 saturated carbocycles. The van der Waals surface area contributed by atoms with E-state index in [1.807, 2.05) is 0 Å². The van der Waals surface area contributed by atoms with Crippen LogP contribution in [0.4, 0.5) is 0 Å². The number of aryl methyl sites for hydroxylation is 1. The highest BCUT2D eigenvalue weighted by Gasteiger charge is 2.29. The molecule has 0 spiro atoms. The van der Waals surface area contributed by atoms with Crippen LogP contribution in [0.5, 0.6) is 0 Å². The Hall–Kier alpha value is -0.900. The number of fused-ring (bicyclic) bond motifs is 1. The smallest absolute Gasteiger partial charge is 0.0723 e. The van der Waals surface area contributed by atoms with Crippen molar-refractivity contribution in [2.75, 3.05) is 7.05 Å². The van der Waals surface area contributed by atoms with Crippen molar-refractivity contribution < 1.29 is 9.94 Å². The van der Waals surface area contributed by atoms with Gasteiger partial charge in [-0.1, -0.05) is 31.4 Å². The van der Waals surface area contributed by atoms with E-state index in [2.05, 4.69) is 19.1 Å². The SMILES string of the molecule is Cc1ccc2c(c1CN(C)O)CC(C1CCCCC1)OC2. The Balaban J connectivity index is 1.84. The van der Waals surface area contributed by atoms with Gasteiger partial charge in [-0.05, 0) is 54.4 Å². The summed E-state index contributed by atoms with van der Waals surface area (Å²) in [7, 11) is 1.72. The number of hydrogen-bond donors (Lipinski definition) is 1. The van der Waals surface area contributed by atoms with E-state index >= 15 is 0 Å². The van der Waals surface area contributed by atoms with Crippen LogP contribution >= 0.6 is 0 Å². The average molecular weight is 289 g/mol. The number of ether oxygens (including phenoxy) is 1. The molecular formula is C18H27NO2. The van der Waals surface area contributed by atoms with Crippen molar-refractivity contribution in [1.82, 2.24) is 5.06 Å². The zero-order valence-electron chi connectivity index (χ0n) is 13.3. The summed E-state index contributed by atoms with van der Waals surface area (Å²) in [4.78, 5) is 0. The van der Waals surface area contributed by atoms with Crippen LogP contribution in [0.1, 0.15) is 54.4 Å². The minimum Gasteiger partial charge on any atom is -0.373 e. The van der Waals surface area contributed by atoms with Crippen LogP contribution in [0.15, 0.2) is 12.1 Å². The summed E-state index contributed by atoms with van der Waals surface area (Å²) in [6, 6.07) is 4.35. The van der Waals surface area contributed by atoms with Gasteiger partial charge in [0, 0.05) is 13.6 Å². The Labute approximate surface area is 127 Å². The Kier molecular flexibility index (Phi) is 4.63. The second kappa shape index (κ2) is 6.47. The highest BCUT2D eigenvalue weighted by molar-refractivity contribution is 5.41. The van der Waals surface area contributed by atoms with Gasteiger partial charge in [-0.3, -0.25) is 0 Å². The second-order valence-electron chi connectivity index (χ2n) is 6.77. The monoisotopic (exact) mass is 289 g/mol. The van der Waals surface area contributed by atoms with Crippen molar-refractivity contribution in [3.63, 3.8) is 0 Å². The number of hydroxylamine groups is 2. The fraction of sp³-hybridized carbons (Fsp3) is 0.667. The summed E-state index contributed by atoms with van der Waals surface area (Å²) in [5.74, 6) is 0.729. The highest BCUT2D eigenvalue weighted by atomic mass is 16.5. The molecule has 1 N–H and O–H groups in total. The van der Waals surface area contributed by atoms with E-state index in [1.165, 1.54) is 59.4 Å². The molecule has 0 amide bonds. The van der Waals surface area contributed by atoms with E-state index in [-0.39, 0.29) is 0 Å². The molecule has 1 aliphatic carbocycles. The molecular weight excluding hydrogens is 262 g/mol. The molecule has 1 aromatic rings. The molecule has 1 heterocycles. The first-order chi connectivity index (χ1) is 10.1. The van der Waals surface area contributed by atoms with Crippen molar-refractivity contribution in [3.05, 3.63) is 34.4 Å². The van der Waals surface area contributed by atoms with Crippen molar-refractivity contribution in [1.29, 1.82) is 0 Å². The Morgan fingerprint density at radius 3 is 2.71 bits per heavy atom. The van der Waals surface area contributed by atoms with Crippen molar-refractivity contribution in [3.8, 4) is 0 Å².